The molecule has 1 aliphatic carbocycles. The Morgan fingerprint density at radius 2 is 1.94 bits per heavy atom. The van der Waals surface area contributed by atoms with Crippen molar-refractivity contribution in [3.05, 3.63) is 29.8 Å². The molecule has 0 radical (unpaired) electrons. The highest BCUT2D eigenvalue weighted by molar-refractivity contribution is 5.30. The summed E-state index contributed by atoms with van der Waals surface area (Å²) in [6, 6.07) is 5.04. The van der Waals surface area contributed by atoms with E-state index in [0.717, 1.165) is 12.1 Å². The number of benzene rings is 1. The number of ether oxygens (including phenoxy) is 1. The van der Waals surface area contributed by atoms with Crippen LogP contribution in [-0.4, -0.2) is 12.1 Å². The normalized spacial score (nSPS) is 25.0. The maximum Gasteiger partial charge on any atom is 0.416 e. The minimum atomic E-state index is -4.32. The van der Waals surface area contributed by atoms with Gasteiger partial charge in [-0.05, 0) is 31.0 Å². The molecule has 2 N–H and O–H groups in total. The van der Waals surface area contributed by atoms with E-state index in [9.17, 15) is 13.2 Å². The molecular weight excluding hydrogens is 219 g/mol. The highest BCUT2D eigenvalue weighted by Crippen LogP contribution is 2.32. The highest BCUT2D eigenvalue weighted by Gasteiger charge is 2.32. The Morgan fingerprint density at radius 1 is 1.25 bits per heavy atom. The largest absolute Gasteiger partial charge is 0.490 e. The van der Waals surface area contributed by atoms with Crippen LogP contribution >= 0.6 is 0 Å². The number of halogens is 3. The number of rotatable bonds is 2. The van der Waals surface area contributed by atoms with Crippen molar-refractivity contribution < 1.29 is 17.9 Å². The molecule has 1 aromatic carbocycles. The lowest BCUT2D eigenvalue weighted by Crippen LogP contribution is -2.43. The topological polar surface area (TPSA) is 35.2 Å². The molecule has 0 atom stereocenters. The smallest absolute Gasteiger partial charge is 0.416 e. The lowest BCUT2D eigenvalue weighted by molar-refractivity contribution is -0.137. The molecule has 1 aliphatic rings. The summed E-state index contributed by atoms with van der Waals surface area (Å²) in [6.07, 6.45) is -2.96. The Kier molecular flexibility index (Phi) is 2.80. The molecule has 1 aromatic rings. The number of hydrogen-bond donors (Lipinski definition) is 1. The zero-order valence-corrected chi connectivity index (χ0v) is 8.50. The van der Waals surface area contributed by atoms with Crippen LogP contribution in [0.15, 0.2) is 24.3 Å². The molecule has 5 heteroatoms. The first kappa shape index (κ1) is 11.3. The Labute approximate surface area is 91.2 Å². The maximum absolute atomic E-state index is 12.4. The van der Waals surface area contributed by atoms with Gasteiger partial charge in [0.05, 0.1) is 5.56 Å². The Balaban J connectivity index is 2.05. The lowest BCUT2D eigenvalue weighted by Gasteiger charge is -2.32. The van der Waals surface area contributed by atoms with Crippen LogP contribution in [0.3, 0.4) is 0 Å². The summed E-state index contributed by atoms with van der Waals surface area (Å²) < 4.78 is 42.5. The first-order chi connectivity index (χ1) is 7.45. The quantitative estimate of drug-likeness (QED) is 0.849. The fourth-order valence-electron chi connectivity index (χ4n) is 1.64. The lowest BCUT2D eigenvalue weighted by atomic mass is 9.90. The van der Waals surface area contributed by atoms with Gasteiger partial charge in [0.15, 0.2) is 0 Å². The van der Waals surface area contributed by atoms with Crippen LogP contribution in [0.1, 0.15) is 18.4 Å². The maximum atomic E-state index is 12.4. The predicted octanol–water partition coefficient (Wildman–Crippen LogP) is 2.57. The molecule has 1 fully saturated rings. The number of nitrogens with two attached hydrogens (primary N) is 1. The van der Waals surface area contributed by atoms with Gasteiger partial charge in [-0.3, -0.25) is 0 Å². The predicted molar refractivity (Wildman–Crippen MR) is 53.1 cm³/mol. The fourth-order valence-corrected chi connectivity index (χ4v) is 1.64. The molecule has 16 heavy (non-hydrogen) atoms. The van der Waals surface area contributed by atoms with Crippen molar-refractivity contribution in [1.29, 1.82) is 0 Å². The average Bonchev–Trinajstić information content (AvgIpc) is 2.14. The number of hydrogen-bond acceptors (Lipinski definition) is 2. The molecule has 88 valence electrons. The second kappa shape index (κ2) is 3.97. The van der Waals surface area contributed by atoms with Gasteiger partial charge in [0, 0.05) is 6.04 Å². The van der Waals surface area contributed by atoms with E-state index in [2.05, 4.69) is 0 Å². The van der Waals surface area contributed by atoms with Crippen molar-refractivity contribution in [2.24, 2.45) is 5.73 Å². The molecule has 0 bridgehead atoms. The van der Waals surface area contributed by atoms with E-state index in [1.54, 1.807) is 0 Å². The molecule has 2 nitrogen and oxygen atoms in total. The first-order valence-corrected chi connectivity index (χ1v) is 5.04. The minimum Gasteiger partial charge on any atom is -0.490 e. The van der Waals surface area contributed by atoms with Gasteiger partial charge in [-0.1, -0.05) is 6.07 Å². The van der Waals surface area contributed by atoms with Gasteiger partial charge in [0.25, 0.3) is 0 Å². The van der Waals surface area contributed by atoms with Crippen molar-refractivity contribution in [2.75, 3.05) is 0 Å². The van der Waals surface area contributed by atoms with E-state index in [1.807, 2.05) is 0 Å². The second-order valence-corrected chi connectivity index (χ2v) is 4.00. The molecule has 1 saturated carbocycles. The second-order valence-electron chi connectivity index (χ2n) is 4.00. The van der Waals surface area contributed by atoms with Crippen LogP contribution in [-0.2, 0) is 6.18 Å². The molecule has 2 rings (SSSR count). The van der Waals surface area contributed by atoms with Crippen LogP contribution in [0, 0.1) is 0 Å². The Morgan fingerprint density at radius 3 is 2.50 bits per heavy atom. The summed E-state index contributed by atoms with van der Waals surface area (Å²) in [6.45, 7) is 0. The molecular formula is C11H12F3NO. The van der Waals surface area contributed by atoms with Crippen molar-refractivity contribution in [3.63, 3.8) is 0 Å². The molecule has 0 saturated heterocycles. The monoisotopic (exact) mass is 231 g/mol. The Hall–Kier alpha value is -1.23. The third-order valence-corrected chi connectivity index (χ3v) is 2.60. The Bertz CT molecular complexity index is 372. The van der Waals surface area contributed by atoms with Gasteiger partial charge in [0.1, 0.15) is 11.9 Å². The SMILES string of the molecule is N[C@H]1C[C@H](Oc2cccc(C(F)(F)F)c2)C1. The van der Waals surface area contributed by atoms with Crippen molar-refractivity contribution in [1.82, 2.24) is 0 Å². The van der Waals surface area contributed by atoms with Crippen LogP contribution in [0.2, 0.25) is 0 Å². The fraction of sp³-hybridized carbons (Fsp3) is 0.455. The van der Waals surface area contributed by atoms with Gasteiger partial charge in [-0.2, -0.15) is 13.2 Å². The molecule has 0 aliphatic heterocycles. The summed E-state index contributed by atoms with van der Waals surface area (Å²) in [4.78, 5) is 0. The van der Waals surface area contributed by atoms with Gasteiger partial charge < -0.3 is 10.5 Å². The van der Waals surface area contributed by atoms with Gasteiger partial charge in [-0.15, -0.1) is 0 Å². The average molecular weight is 231 g/mol. The zero-order chi connectivity index (χ0) is 11.8. The third kappa shape index (κ3) is 2.47. The van der Waals surface area contributed by atoms with Crippen LogP contribution in [0.25, 0.3) is 0 Å². The van der Waals surface area contributed by atoms with E-state index in [0.29, 0.717) is 12.8 Å². The van der Waals surface area contributed by atoms with E-state index in [-0.39, 0.29) is 17.9 Å². The van der Waals surface area contributed by atoms with Crippen LogP contribution < -0.4 is 10.5 Å². The first-order valence-electron chi connectivity index (χ1n) is 5.04. The van der Waals surface area contributed by atoms with E-state index in [4.69, 9.17) is 10.5 Å². The van der Waals surface area contributed by atoms with Crippen molar-refractivity contribution >= 4 is 0 Å². The van der Waals surface area contributed by atoms with Gasteiger partial charge in [0.2, 0.25) is 0 Å². The molecule has 0 spiro atoms. The van der Waals surface area contributed by atoms with E-state index >= 15 is 0 Å². The van der Waals surface area contributed by atoms with Crippen LogP contribution in [0.4, 0.5) is 13.2 Å². The summed E-state index contributed by atoms with van der Waals surface area (Å²) in [5.41, 5.74) is 4.88. The van der Waals surface area contributed by atoms with Crippen LogP contribution in [0.5, 0.6) is 5.75 Å². The summed E-state index contributed by atoms with van der Waals surface area (Å²) in [7, 11) is 0. The molecule has 0 unspecified atom stereocenters. The van der Waals surface area contributed by atoms with E-state index in [1.165, 1.54) is 12.1 Å². The number of alkyl halides is 3. The minimum absolute atomic E-state index is 0.0431. The zero-order valence-electron chi connectivity index (χ0n) is 8.50. The molecule has 0 amide bonds. The summed E-state index contributed by atoms with van der Waals surface area (Å²) in [5, 5.41) is 0. The van der Waals surface area contributed by atoms with Gasteiger partial charge in [-0.25, -0.2) is 0 Å². The molecule has 0 heterocycles. The third-order valence-electron chi connectivity index (χ3n) is 2.60. The van der Waals surface area contributed by atoms with E-state index < -0.39 is 11.7 Å². The summed E-state index contributed by atoms with van der Waals surface area (Å²) >= 11 is 0. The standard InChI is InChI=1S/C11H12F3NO/c12-11(13,14)7-2-1-3-9(4-7)16-10-5-8(15)6-10/h1-4,8,10H,5-6,15H2/t8-,10-. The van der Waals surface area contributed by atoms with Crippen molar-refractivity contribution in [2.45, 2.75) is 31.2 Å². The van der Waals surface area contributed by atoms with Crippen molar-refractivity contribution in [3.8, 4) is 5.75 Å². The van der Waals surface area contributed by atoms with Gasteiger partial charge >= 0.3 is 6.18 Å². The molecule has 0 aromatic heterocycles. The summed E-state index contributed by atoms with van der Waals surface area (Å²) in [5.74, 6) is 0.256. The highest BCUT2D eigenvalue weighted by atomic mass is 19.4.